The zero-order valence-electron chi connectivity index (χ0n) is 38.3. The van der Waals surface area contributed by atoms with E-state index in [0.29, 0.717) is 35.7 Å². The van der Waals surface area contributed by atoms with Gasteiger partial charge in [0.25, 0.3) is 23.8 Å². The van der Waals surface area contributed by atoms with E-state index < -0.39 is 0 Å². The van der Waals surface area contributed by atoms with Crippen LogP contribution in [0.4, 0.5) is 11.9 Å². The molecule has 0 amide bonds. The number of aryl methyl sites for hydroxylation is 8. The minimum atomic E-state index is 0. The van der Waals surface area contributed by atoms with Crippen molar-refractivity contribution in [3.63, 3.8) is 0 Å². The Labute approximate surface area is 400 Å². The van der Waals surface area contributed by atoms with Crippen LogP contribution in [0.3, 0.4) is 0 Å². The van der Waals surface area contributed by atoms with Gasteiger partial charge in [0, 0.05) is 49.0 Å². The Morgan fingerprint density at radius 2 is 0.545 bits per heavy atom. The summed E-state index contributed by atoms with van der Waals surface area (Å²) in [5.41, 5.74) is 61.6. The predicted molar refractivity (Wildman–Crippen MR) is 241 cm³/mol. The van der Waals surface area contributed by atoms with Crippen molar-refractivity contribution >= 4 is 11.9 Å². The smallest absolute Gasteiger partial charge is 0.412 e. The fraction of sp³-hybridized carbons (Fsp3) is 0.471. The molecule has 0 aromatic carbocycles. The van der Waals surface area contributed by atoms with Gasteiger partial charge >= 0.3 is 33.0 Å². The normalized spacial score (nSPS) is 8.91. The quantitative estimate of drug-likeness (QED) is 0.0618. The Morgan fingerprint density at radius 1 is 0.379 bits per heavy atom. The Balaban J connectivity index is -0.000000448. The minimum Gasteiger partial charge on any atom is -0.412 e. The van der Waals surface area contributed by atoms with Gasteiger partial charge in [-0.2, -0.15) is 50.3 Å². The third-order valence-corrected chi connectivity index (χ3v) is 8.09. The third-order valence-electron chi connectivity index (χ3n) is 8.09. The Bertz CT molecular complexity index is 2170. The number of anilines is 2. The van der Waals surface area contributed by atoms with Crippen LogP contribution in [0.5, 0.6) is 0 Å². The van der Waals surface area contributed by atoms with Crippen molar-refractivity contribution in [3.8, 4) is 23.8 Å². The van der Waals surface area contributed by atoms with Crippen molar-refractivity contribution in [1.29, 1.82) is 0 Å². The van der Waals surface area contributed by atoms with Gasteiger partial charge in [-0.25, -0.2) is 18.7 Å². The van der Waals surface area contributed by atoms with Crippen LogP contribution in [0.15, 0.2) is 24.3 Å². The molecule has 32 heteroatoms. The summed E-state index contributed by atoms with van der Waals surface area (Å²) >= 11 is 0. The van der Waals surface area contributed by atoms with Gasteiger partial charge in [0.15, 0.2) is 0 Å². The van der Waals surface area contributed by atoms with E-state index in [1.165, 1.54) is 19.6 Å². The first-order valence-corrected chi connectivity index (χ1v) is 18.6. The van der Waals surface area contributed by atoms with Crippen molar-refractivity contribution in [3.05, 3.63) is 134 Å². The van der Waals surface area contributed by atoms with Gasteiger partial charge in [0.05, 0.1) is 22.8 Å². The molecule has 360 valence electrons. The standard InChI is InChI=1S/2C17H24N8.4N3.2Ni.2H2O/c2*1-7-23(8-2)15-18-16(24-13(5)9-11(3)21-24)20-17(19-15)25-14(6)10-12(4)22-25;4*1-3-2;;;;/h2*9-10H,7-8H2,1-6H3;;;;;;;2*1H2/q;;4*-1;2*+2;;. The largest absolute Gasteiger partial charge is 2.00 e. The summed E-state index contributed by atoms with van der Waals surface area (Å²) in [5.74, 6) is 3.28. The summed E-state index contributed by atoms with van der Waals surface area (Å²) in [4.78, 5) is 38.0. The Morgan fingerprint density at radius 3 is 0.667 bits per heavy atom. The molecule has 0 unspecified atom stereocenters. The Hall–Kier alpha value is -7.39. The molecule has 0 spiro atoms. The number of hydrogen-bond acceptors (Lipinski definition) is 12. The van der Waals surface area contributed by atoms with Crippen LogP contribution in [0.1, 0.15) is 73.2 Å². The molecule has 6 rings (SSSR count). The summed E-state index contributed by atoms with van der Waals surface area (Å²) in [6.45, 7) is 27.4. The van der Waals surface area contributed by atoms with Crippen LogP contribution in [-0.4, -0.2) is 106 Å². The van der Waals surface area contributed by atoms with Gasteiger partial charge in [-0.05, 0) is 107 Å². The maximum absolute atomic E-state index is 6.75. The first-order valence-electron chi connectivity index (χ1n) is 18.6. The number of nitrogens with zero attached hydrogens (tertiary/aromatic N) is 28. The zero-order valence-corrected chi connectivity index (χ0v) is 40.3. The fourth-order valence-electron chi connectivity index (χ4n) is 5.69. The average Bonchev–Trinajstić information content (AvgIpc) is 3.96. The van der Waals surface area contributed by atoms with Crippen LogP contribution in [0.25, 0.3) is 87.7 Å². The average molecular weight is 1000 g/mol. The molecule has 0 radical (unpaired) electrons. The van der Waals surface area contributed by atoms with Crippen molar-refractivity contribution in [2.24, 2.45) is 0 Å². The molecule has 4 N–H and O–H groups in total. The monoisotopic (exact) mass is 1000 g/mol. The second-order valence-electron chi connectivity index (χ2n) is 12.5. The molecule has 0 aliphatic carbocycles. The first kappa shape index (κ1) is 65.2. The van der Waals surface area contributed by atoms with Crippen molar-refractivity contribution < 1.29 is 43.9 Å². The fourth-order valence-corrected chi connectivity index (χ4v) is 5.69. The van der Waals surface area contributed by atoms with Gasteiger partial charge in [-0.3, -0.25) is 19.6 Å². The van der Waals surface area contributed by atoms with E-state index in [-0.39, 0.29) is 43.9 Å². The summed E-state index contributed by atoms with van der Waals surface area (Å²) in [5, 5.41) is 18.0. The van der Waals surface area contributed by atoms with Gasteiger partial charge < -0.3 is 65.0 Å². The molecule has 0 bridgehead atoms. The number of rotatable bonds is 10. The van der Waals surface area contributed by atoms with Gasteiger partial charge in [-0.15, -0.1) is 0 Å². The molecule has 0 atom stereocenters. The molecule has 6 aromatic heterocycles. The van der Waals surface area contributed by atoms with Gasteiger partial charge in [0.1, 0.15) is 0 Å². The molecule has 0 aliphatic rings. The first-order chi connectivity index (χ1) is 29.5. The van der Waals surface area contributed by atoms with E-state index in [1.807, 2.05) is 79.7 Å². The summed E-state index contributed by atoms with van der Waals surface area (Å²) in [6, 6.07) is 8.02. The van der Waals surface area contributed by atoms with E-state index in [1.54, 1.807) is 18.7 Å². The molecule has 0 saturated heterocycles. The van der Waals surface area contributed by atoms with Crippen molar-refractivity contribution in [2.45, 2.75) is 83.1 Å². The zero-order chi connectivity index (χ0) is 47.1. The second kappa shape index (κ2) is 33.2. The summed E-state index contributed by atoms with van der Waals surface area (Å²) in [6.07, 6.45) is 0. The number of hydrogen-bond donors (Lipinski definition) is 0. The van der Waals surface area contributed by atoms with Crippen LogP contribution >= 0.6 is 0 Å². The topological polar surface area (TPSA) is 453 Å². The second-order valence-corrected chi connectivity index (χ2v) is 12.5. The number of aromatic nitrogens is 14. The third kappa shape index (κ3) is 18.8. The van der Waals surface area contributed by atoms with Crippen molar-refractivity contribution in [1.82, 2.24) is 69.0 Å². The van der Waals surface area contributed by atoms with E-state index in [0.717, 1.165) is 71.7 Å². The summed E-state index contributed by atoms with van der Waals surface area (Å²) < 4.78 is 7.00. The maximum Gasteiger partial charge on any atom is 2.00 e. The van der Waals surface area contributed by atoms with E-state index >= 15 is 0 Å². The molecule has 6 aromatic rings. The predicted octanol–water partition coefficient (Wildman–Crippen LogP) is 6.46. The van der Waals surface area contributed by atoms with E-state index in [2.05, 4.69) is 87.8 Å². The van der Waals surface area contributed by atoms with Gasteiger partial charge in [0.2, 0.25) is 11.9 Å². The summed E-state index contributed by atoms with van der Waals surface area (Å²) in [7, 11) is 0. The van der Waals surface area contributed by atoms with E-state index in [9.17, 15) is 0 Å². The molecule has 0 aliphatic heterocycles. The van der Waals surface area contributed by atoms with Gasteiger partial charge in [-0.1, -0.05) is 0 Å². The minimum absolute atomic E-state index is 0. The SMILES string of the molecule is CCN(CC)c1nc(-n2nc(C)cc2C)nc(-n2nc(C)cc2C)n1.CCN(CC)c1nc(-n2nc(C)cc2C)nc(-n2nc(C)cc2C)n1.O.O.[N-]=[N+]=[N-].[N-]=[N+]=[N-].[N-]=[N+]=[N-].[N-]=[N+]=[N-].[Ni+2].[Ni+2]. The molecule has 66 heavy (non-hydrogen) atoms. The maximum atomic E-state index is 6.75. The Kier molecular flexibility index (Phi) is 32.8. The van der Waals surface area contributed by atoms with Crippen LogP contribution in [-0.2, 0) is 33.0 Å². The van der Waals surface area contributed by atoms with Crippen LogP contribution < -0.4 is 9.80 Å². The molecule has 0 fully saturated rings. The van der Waals surface area contributed by atoms with Crippen molar-refractivity contribution in [2.75, 3.05) is 36.0 Å². The molecule has 0 saturated carbocycles. The molecule has 30 nitrogen and oxygen atoms in total. The molecule has 6 heterocycles. The molecular weight excluding hydrogens is 950 g/mol. The van der Waals surface area contributed by atoms with E-state index in [4.69, 9.17) is 44.2 Å². The molecular formula is C34H52N28Ni2O2. The van der Waals surface area contributed by atoms with Crippen LogP contribution in [0.2, 0.25) is 0 Å². The van der Waals surface area contributed by atoms with Crippen LogP contribution in [0, 0.1) is 55.4 Å².